The molecule has 131 heavy (non-hydrogen) atoms. The average molecular weight is 1820 g/mol. The molecular weight excluding hydrogens is 1690 g/mol. The molecule has 0 unspecified atom stereocenters. The number of amides is 4. The lowest BCUT2D eigenvalue weighted by Crippen LogP contribution is -2.53. The van der Waals surface area contributed by atoms with E-state index in [1.54, 1.807) is 88.5 Å². The molecule has 8 N–H and O–H groups in total. The molecule has 6 fully saturated rings. The van der Waals surface area contributed by atoms with Gasteiger partial charge in [0.1, 0.15) is 63.8 Å². The van der Waals surface area contributed by atoms with E-state index in [0.29, 0.717) is 140 Å². The Morgan fingerprint density at radius 3 is 1.27 bits per heavy atom. The van der Waals surface area contributed by atoms with Crippen LogP contribution in [0.1, 0.15) is 179 Å². The number of nitrogens with one attached hydrogen (secondary N) is 4. The molecule has 9 aliphatic rings. The van der Waals surface area contributed by atoms with Crippen LogP contribution < -0.4 is 35.5 Å². The van der Waals surface area contributed by atoms with Gasteiger partial charge in [0.25, 0.3) is 0 Å². The van der Waals surface area contributed by atoms with Gasteiger partial charge in [-0.05, 0) is 171 Å². The predicted octanol–water partition coefficient (Wildman–Crippen LogP) is 5.76. The molecule has 3 aromatic carbocycles. The topological polar surface area (TPSA) is 460 Å². The van der Waals surface area contributed by atoms with Crippen molar-refractivity contribution >= 4 is 69.9 Å². The summed E-state index contributed by atoms with van der Waals surface area (Å²) in [5.41, 5.74) is 2.12. The standard InChI is InChI=1S/C33H47N3O9.C33H43N3O7.C32H44N2O9/c1-21(37)29(35-28(39)19-36-13-15-44-16-14-36)27(38)18-25(30(40)23-9-11-24(43-3)12-10-23)32(42)34-26(31(41)33(2)20-45-33)17-22-7-5-4-6-8-22;1-33(22-43-33)31(39)26(17-23-5-3-4-6-23)20-30(38)29(18-24-7-9-28(41-2)10-8-24)35-32(40)25(11-12-34)19-27(37)21-36-13-15-42-16-14-36;1-32(20-43-32)30(39)23(15-21-5-3-4-6-21)17-27(37)28(29(38)22-7-9-26(41-2)10-8-22)33-31(40)24(19-35)16-25(36)18-34-11-13-42-14-12-34/h7,9-12,21,25-26,29-30,37,40H,4-6,8,13-20H2,1-3H3,(H,34,42)(H,35,39);5,7-10,25-26,29H,3-4,6,11,13-22H2,1-2H3,(H,35,40);5,7-10,23-24,28-29,35,38H,3-4,6,11-20H2,1-2H3,(H,33,40)/t21-,25+,26+,29+,30-,33-;25-,26-,29+,33-;23-,24+,28-,29-,32-/m111/s1. The van der Waals surface area contributed by atoms with Crippen LogP contribution in [0.15, 0.2) is 108 Å². The van der Waals surface area contributed by atoms with E-state index in [0.717, 1.165) is 80.9 Å². The van der Waals surface area contributed by atoms with E-state index in [1.165, 1.54) is 26.7 Å². The molecule has 0 bridgehead atoms. The maximum Gasteiger partial charge on any atom is 0.234 e. The van der Waals surface area contributed by atoms with E-state index in [2.05, 4.69) is 39.5 Å². The molecule has 33 heteroatoms. The van der Waals surface area contributed by atoms with Crippen molar-refractivity contribution in [3.05, 3.63) is 124 Å². The first-order valence-corrected chi connectivity index (χ1v) is 46.1. The molecule has 6 saturated heterocycles. The predicted molar refractivity (Wildman–Crippen MR) is 479 cm³/mol. The summed E-state index contributed by atoms with van der Waals surface area (Å²) in [7, 11) is 4.58. The van der Waals surface area contributed by atoms with Crippen molar-refractivity contribution in [1.29, 1.82) is 5.26 Å². The van der Waals surface area contributed by atoms with Gasteiger partial charge in [0.05, 0.1) is 155 Å². The minimum atomic E-state index is -1.44. The van der Waals surface area contributed by atoms with Gasteiger partial charge < -0.3 is 84.3 Å². The molecule has 12 rings (SSSR count). The number of benzene rings is 3. The Labute approximate surface area is 767 Å². The fourth-order valence-corrected chi connectivity index (χ4v) is 17.4. The lowest BCUT2D eigenvalue weighted by molar-refractivity contribution is -0.138. The number of methoxy groups -OCH3 is 3. The van der Waals surface area contributed by atoms with E-state index in [4.69, 9.17) is 42.6 Å². The molecule has 3 aromatic rings. The second kappa shape index (κ2) is 50.5. The fraction of sp³-hybridized carbons (Fsp3) is 0.622. The second-order valence-electron chi connectivity index (χ2n) is 36.4. The Morgan fingerprint density at radius 2 is 0.847 bits per heavy atom. The van der Waals surface area contributed by atoms with E-state index in [-0.39, 0.29) is 99.5 Å². The van der Waals surface area contributed by atoms with Crippen molar-refractivity contribution in [2.45, 2.75) is 215 Å². The highest BCUT2D eigenvalue weighted by atomic mass is 16.6. The van der Waals surface area contributed by atoms with Gasteiger partial charge in [-0.15, -0.1) is 0 Å². The lowest BCUT2D eigenvalue weighted by Gasteiger charge is -2.29. The molecule has 15 atom stereocenters. The van der Waals surface area contributed by atoms with Crippen molar-refractivity contribution in [3.63, 3.8) is 0 Å². The number of morpholine rings is 3. The van der Waals surface area contributed by atoms with Gasteiger partial charge in [-0.25, -0.2) is 0 Å². The third-order valence-electron chi connectivity index (χ3n) is 25.9. The number of ketones is 8. The number of carbonyl (C=O) groups excluding carboxylic acids is 12. The normalized spacial score (nSPS) is 22.8. The molecule has 33 nitrogen and oxygen atoms in total. The van der Waals surface area contributed by atoms with E-state index >= 15 is 0 Å². The number of hydrogen-bond donors (Lipinski definition) is 8. The number of ether oxygens (including phenoxy) is 9. The third-order valence-corrected chi connectivity index (χ3v) is 25.9. The zero-order chi connectivity index (χ0) is 94.4. The second-order valence-corrected chi connectivity index (χ2v) is 36.4. The fourth-order valence-electron chi connectivity index (χ4n) is 17.4. The zero-order valence-electron chi connectivity index (χ0n) is 76.8. The van der Waals surface area contributed by atoms with Crippen molar-refractivity contribution in [1.82, 2.24) is 36.0 Å². The Hall–Kier alpha value is -9.51. The average Bonchev–Trinajstić information content (AvgIpc) is 1.65. The van der Waals surface area contributed by atoms with Crippen LogP contribution in [0.5, 0.6) is 17.2 Å². The molecule has 3 aliphatic carbocycles. The van der Waals surface area contributed by atoms with Gasteiger partial charge >= 0.3 is 0 Å². The number of allylic oxidation sites excluding steroid dienone is 5. The van der Waals surface area contributed by atoms with Gasteiger partial charge in [0, 0.05) is 89.6 Å². The highest BCUT2D eigenvalue weighted by molar-refractivity contribution is 6.01. The summed E-state index contributed by atoms with van der Waals surface area (Å²) >= 11 is 0. The van der Waals surface area contributed by atoms with Crippen LogP contribution in [0.2, 0.25) is 0 Å². The molecule has 0 spiro atoms. The summed E-state index contributed by atoms with van der Waals surface area (Å²) in [6, 6.07) is 17.6. The first-order chi connectivity index (χ1) is 62.8. The maximum absolute atomic E-state index is 14.0. The van der Waals surface area contributed by atoms with Crippen molar-refractivity contribution in [2.24, 2.45) is 29.6 Å². The van der Waals surface area contributed by atoms with Crippen molar-refractivity contribution in [3.8, 4) is 23.3 Å². The number of nitriles is 1. The maximum atomic E-state index is 14.0. The molecule has 716 valence electrons. The van der Waals surface area contributed by atoms with Crippen LogP contribution >= 0.6 is 0 Å². The zero-order valence-corrected chi connectivity index (χ0v) is 76.8. The molecule has 0 radical (unpaired) electrons. The first-order valence-electron chi connectivity index (χ1n) is 46.1. The number of aliphatic hydroxyl groups excluding tert-OH is 4. The van der Waals surface area contributed by atoms with Gasteiger partial charge in [0.15, 0.2) is 34.7 Å². The summed E-state index contributed by atoms with van der Waals surface area (Å²) in [5, 5.41) is 63.8. The summed E-state index contributed by atoms with van der Waals surface area (Å²) in [6.07, 6.45) is 12.0. The lowest BCUT2D eigenvalue weighted by atomic mass is 9.82. The van der Waals surface area contributed by atoms with Gasteiger partial charge in [-0.2, -0.15) is 5.26 Å². The Kier molecular flexibility index (Phi) is 40.0. The smallest absolute Gasteiger partial charge is 0.234 e. The third kappa shape index (κ3) is 31.8. The molecule has 4 amide bonds. The van der Waals surface area contributed by atoms with Gasteiger partial charge in [-0.1, -0.05) is 71.3 Å². The Morgan fingerprint density at radius 1 is 0.443 bits per heavy atom. The number of nitrogens with zero attached hydrogens (tertiary/aromatic N) is 4. The quantitative estimate of drug-likeness (QED) is 0.0246. The summed E-state index contributed by atoms with van der Waals surface area (Å²) in [4.78, 5) is 167. The van der Waals surface area contributed by atoms with Crippen molar-refractivity contribution < 1.29 is 121 Å². The number of Topliss-reactive ketones (excluding diaryl/α,β-unsaturated/α-hetero) is 8. The number of carbonyl (C=O) groups is 12. The molecule has 6 heterocycles. The van der Waals surface area contributed by atoms with Crippen LogP contribution in [0.25, 0.3) is 0 Å². The first kappa shape index (κ1) is 104. The monoisotopic (exact) mass is 1820 g/mol. The SMILES string of the molecule is COc1ccc(C[C@H](NC(=O)[C@H](CC#N)CC(=O)CN2CCOCC2)C(=O)C[C@@H](CC2=CCCC2)C(=O)[C@@]2(C)CO2)cc1.COc1ccc([C@@H](O)[C@H](CC(=O)[C@@H](NC(=O)CN2CCOCC2)[C@@H](C)O)C(=O)N[C@@H](CC2=CCCCC2)C(=O)[C@@]2(C)CO2)cc1.COc1ccc([C@@H](O)[C@H](NC(=O)[C@H](CO)CC(=O)CN2CCOCC2)C(=O)C[C@@H](CC2=CCCC2)C(=O)[C@@]2(C)CO2)cc1. The van der Waals surface area contributed by atoms with Gasteiger partial charge in [-0.3, -0.25) is 72.2 Å². The summed E-state index contributed by atoms with van der Waals surface area (Å²) in [5.74, 6) is -7.41. The Bertz CT molecular complexity index is 4510. The van der Waals surface area contributed by atoms with Crippen LogP contribution in [0.3, 0.4) is 0 Å². The number of hydrogen-bond acceptors (Lipinski definition) is 29. The number of rotatable bonds is 50. The summed E-state index contributed by atoms with van der Waals surface area (Å²) < 4.78 is 47.9. The largest absolute Gasteiger partial charge is 0.497 e. The highest BCUT2D eigenvalue weighted by Gasteiger charge is 2.53. The minimum absolute atomic E-state index is 0.0265. The molecule has 0 aromatic heterocycles. The molecule has 0 saturated carbocycles. The van der Waals surface area contributed by atoms with E-state index < -0.39 is 137 Å². The highest BCUT2D eigenvalue weighted by Crippen LogP contribution is 2.40. The molecular formula is C98H134N8O25. The number of epoxide rings is 3. The van der Waals surface area contributed by atoms with Crippen LogP contribution in [0, 0.1) is 40.9 Å². The van der Waals surface area contributed by atoms with Crippen LogP contribution in [0.4, 0.5) is 0 Å². The Balaban J connectivity index is 0.000000204. The van der Waals surface area contributed by atoms with Crippen LogP contribution in [-0.2, 0) is 92.4 Å². The van der Waals surface area contributed by atoms with Crippen molar-refractivity contribution in [2.75, 3.05) is 146 Å². The molecule has 6 aliphatic heterocycles. The van der Waals surface area contributed by atoms with Gasteiger partial charge in [0.2, 0.25) is 23.6 Å². The van der Waals surface area contributed by atoms with E-state index in [1.807, 2.05) is 32.9 Å². The van der Waals surface area contributed by atoms with Crippen LogP contribution in [-0.4, -0.2) is 298 Å². The summed E-state index contributed by atoms with van der Waals surface area (Å²) in [6.45, 7) is 13.9. The van der Waals surface area contributed by atoms with E-state index in [9.17, 15) is 83.2 Å². The minimum Gasteiger partial charge on any atom is -0.497 e. The number of aliphatic hydroxyl groups is 4.